The number of hydrogen-bond acceptors (Lipinski definition) is 5. The molecular formula is C8H16O5. The third-order valence-electron chi connectivity index (χ3n) is 1.45. The van der Waals surface area contributed by atoms with Crippen molar-refractivity contribution < 1.29 is 24.5 Å². The lowest BCUT2D eigenvalue weighted by Gasteiger charge is -2.11. The van der Waals surface area contributed by atoms with Gasteiger partial charge < -0.3 is 19.7 Å². The van der Waals surface area contributed by atoms with Crippen molar-refractivity contribution in [1.29, 1.82) is 0 Å². The van der Waals surface area contributed by atoms with Crippen LogP contribution in [-0.4, -0.2) is 48.7 Å². The molecule has 0 saturated carbocycles. The number of carbonyl (C=O) groups is 1. The highest BCUT2D eigenvalue weighted by Gasteiger charge is 2.05. The molecule has 0 aromatic carbocycles. The average molecular weight is 192 g/mol. The highest BCUT2D eigenvalue weighted by molar-refractivity contribution is 5.79. The summed E-state index contributed by atoms with van der Waals surface area (Å²) in [6.45, 7) is 1.15. The first-order valence-electron chi connectivity index (χ1n) is 4.17. The van der Waals surface area contributed by atoms with E-state index in [-0.39, 0.29) is 32.4 Å². The van der Waals surface area contributed by atoms with Gasteiger partial charge in [0.25, 0.3) is 0 Å². The summed E-state index contributed by atoms with van der Waals surface area (Å²) in [7, 11) is 0. The summed E-state index contributed by atoms with van der Waals surface area (Å²) in [4.78, 5) is 10.7. The lowest BCUT2D eigenvalue weighted by Crippen LogP contribution is -2.24. The van der Waals surface area contributed by atoms with E-state index >= 15 is 0 Å². The van der Waals surface area contributed by atoms with Gasteiger partial charge in [-0.2, -0.15) is 0 Å². The van der Waals surface area contributed by atoms with Crippen LogP contribution in [0.4, 0.5) is 0 Å². The number of Topliss-reactive ketones (excluding diaryl/α,β-unsaturated/α-hetero) is 1. The maximum absolute atomic E-state index is 10.7. The Morgan fingerprint density at radius 2 is 2.00 bits per heavy atom. The van der Waals surface area contributed by atoms with Gasteiger partial charge in [-0.05, 0) is 0 Å². The largest absolute Gasteiger partial charge is 0.394 e. The smallest absolute Gasteiger partial charge is 0.158 e. The van der Waals surface area contributed by atoms with Crippen molar-refractivity contribution in [2.75, 3.05) is 26.6 Å². The number of rotatable bonds is 8. The van der Waals surface area contributed by atoms with E-state index in [0.29, 0.717) is 6.42 Å². The average Bonchev–Trinajstić information content (AvgIpc) is 2.18. The summed E-state index contributed by atoms with van der Waals surface area (Å²) < 4.78 is 9.69. The van der Waals surface area contributed by atoms with Crippen molar-refractivity contribution in [3.63, 3.8) is 0 Å². The Morgan fingerprint density at radius 1 is 1.38 bits per heavy atom. The first kappa shape index (κ1) is 12.5. The predicted octanol–water partition coefficient (Wildman–Crippen LogP) is -0.691. The van der Waals surface area contributed by atoms with E-state index in [4.69, 9.17) is 19.7 Å². The minimum Gasteiger partial charge on any atom is -0.394 e. The Balaban J connectivity index is 3.28. The van der Waals surface area contributed by atoms with Crippen molar-refractivity contribution in [2.45, 2.75) is 19.4 Å². The van der Waals surface area contributed by atoms with E-state index in [1.165, 1.54) is 0 Å². The molecule has 0 radical (unpaired) electrons. The van der Waals surface area contributed by atoms with Gasteiger partial charge in [0.1, 0.15) is 19.5 Å². The Kier molecular flexibility index (Phi) is 7.82. The van der Waals surface area contributed by atoms with Crippen LogP contribution in [-0.2, 0) is 14.3 Å². The van der Waals surface area contributed by atoms with E-state index in [9.17, 15) is 4.79 Å². The molecule has 0 aliphatic rings. The minimum atomic E-state index is -0.628. The highest BCUT2D eigenvalue weighted by Crippen LogP contribution is 1.90. The van der Waals surface area contributed by atoms with Gasteiger partial charge in [-0.1, -0.05) is 6.92 Å². The molecule has 0 aliphatic heterocycles. The first-order chi connectivity index (χ1) is 6.24. The summed E-state index contributed by atoms with van der Waals surface area (Å²) in [5.74, 6) is -0.00635. The standard InChI is InChI=1S/C8H16O5/c1-2-7(11)5-12-6-13-8(3-9)4-10/h8-10H,2-6H2,1H3. The Hall–Kier alpha value is -0.490. The van der Waals surface area contributed by atoms with Gasteiger partial charge in [-0.15, -0.1) is 0 Å². The molecule has 0 aromatic rings. The Bertz CT molecular complexity index is 132. The maximum Gasteiger partial charge on any atom is 0.158 e. The predicted molar refractivity (Wildman–Crippen MR) is 45.2 cm³/mol. The van der Waals surface area contributed by atoms with Crippen LogP contribution >= 0.6 is 0 Å². The SMILES string of the molecule is CCC(=O)COCOC(CO)CO. The summed E-state index contributed by atoms with van der Waals surface area (Å²) in [5, 5.41) is 17.1. The van der Waals surface area contributed by atoms with Gasteiger partial charge >= 0.3 is 0 Å². The first-order valence-corrected chi connectivity index (χ1v) is 4.17. The third kappa shape index (κ3) is 6.65. The number of hydrogen-bond donors (Lipinski definition) is 2. The van der Waals surface area contributed by atoms with E-state index in [0.717, 1.165) is 0 Å². The molecule has 0 amide bonds. The maximum atomic E-state index is 10.7. The van der Waals surface area contributed by atoms with Crippen LogP contribution in [0.5, 0.6) is 0 Å². The molecule has 0 saturated heterocycles. The second-order valence-corrected chi connectivity index (χ2v) is 2.51. The summed E-state index contributed by atoms with van der Waals surface area (Å²) in [6, 6.07) is 0. The van der Waals surface area contributed by atoms with E-state index in [1.54, 1.807) is 6.92 Å². The number of carbonyl (C=O) groups excluding carboxylic acids is 1. The van der Waals surface area contributed by atoms with Crippen molar-refractivity contribution in [3.05, 3.63) is 0 Å². The minimum absolute atomic E-state index is 0.00635. The summed E-state index contributed by atoms with van der Waals surface area (Å²) in [5.41, 5.74) is 0. The van der Waals surface area contributed by atoms with Crippen LogP contribution in [0.2, 0.25) is 0 Å². The quantitative estimate of drug-likeness (QED) is 0.393. The molecule has 0 spiro atoms. The number of ether oxygens (including phenoxy) is 2. The molecule has 0 atom stereocenters. The monoisotopic (exact) mass is 192 g/mol. The van der Waals surface area contributed by atoms with Crippen LogP contribution in [0.25, 0.3) is 0 Å². The zero-order valence-electron chi connectivity index (χ0n) is 7.73. The van der Waals surface area contributed by atoms with E-state index < -0.39 is 6.10 Å². The van der Waals surface area contributed by atoms with Crippen LogP contribution in [0.15, 0.2) is 0 Å². The molecular weight excluding hydrogens is 176 g/mol. The molecule has 5 nitrogen and oxygen atoms in total. The summed E-state index contributed by atoms with van der Waals surface area (Å²) in [6.07, 6.45) is -0.194. The fourth-order valence-electron chi connectivity index (χ4n) is 0.565. The second-order valence-electron chi connectivity index (χ2n) is 2.51. The molecule has 5 heteroatoms. The Labute approximate surface area is 77.3 Å². The number of aliphatic hydroxyl groups is 2. The van der Waals surface area contributed by atoms with Gasteiger partial charge in [-0.3, -0.25) is 4.79 Å². The van der Waals surface area contributed by atoms with E-state index in [2.05, 4.69) is 0 Å². The lowest BCUT2D eigenvalue weighted by molar-refractivity contribution is -0.139. The fourth-order valence-corrected chi connectivity index (χ4v) is 0.565. The molecule has 0 aromatic heterocycles. The van der Waals surface area contributed by atoms with Gasteiger partial charge in [-0.25, -0.2) is 0 Å². The van der Waals surface area contributed by atoms with Crippen molar-refractivity contribution in [1.82, 2.24) is 0 Å². The van der Waals surface area contributed by atoms with Crippen molar-refractivity contribution >= 4 is 5.78 Å². The zero-order valence-corrected chi connectivity index (χ0v) is 7.73. The van der Waals surface area contributed by atoms with Gasteiger partial charge in [0.15, 0.2) is 5.78 Å². The molecule has 0 aliphatic carbocycles. The molecule has 0 fully saturated rings. The van der Waals surface area contributed by atoms with E-state index in [1.807, 2.05) is 0 Å². The summed E-state index contributed by atoms with van der Waals surface area (Å²) >= 11 is 0. The fraction of sp³-hybridized carbons (Fsp3) is 0.875. The highest BCUT2D eigenvalue weighted by atomic mass is 16.7. The second kappa shape index (κ2) is 8.12. The molecule has 2 N–H and O–H groups in total. The molecule has 0 unspecified atom stereocenters. The van der Waals surface area contributed by atoms with Gasteiger partial charge in [0, 0.05) is 6.42 Å². The number of ketones is 1. The van der Waals surface area contributed by atoms with Gasteiger partial charge in [0.2, 0.25) is 0 Å². The Morgan fingerprint density at radius 3 is 2.46 bits per heavy atom. The van der Waals surface area contributed by atoms with Crippen LogP contribution in [0.1, 0.15) is 13.3 Å². The third-order valence-corrected chi connectivity index (χ3v) is 1.45. The van der Waals surface area contributed by atoms with Crippen LogP contribution < -0.4 is 0 Å². The molecule has 0 heterocycles. The molecule has 78 valence electrons. The van der Waals surface area contributed by atoms with Crippen molar-refractivity contribution in [2.24, 2.45) is 0 Å². The van der Waals surface area contributed by atoms with Crippen LogP contribution in [0.3, 0.4) is 0 Å². The van der Waals surface area contributed by atoms with Gasteiger partial charge in [0.05, 0.1) is 13.2 Å². The van der Waals surface area contributed by atoms with Crippen molar-refractivity contribution in [3.8, 4) is 0 Å². The normalized spacial score (nSPS) is 10.8. The topological polar surface area (TPSA) is 76.0 Å². The lowest BCUT2D eigenvalue weighted by atomic mass is 10.3. The number of aliphatic hydroxyl groups excluding tert-OH is 2. The zero-order chi connectivity index (χ0) is 10.1. The molecule has 0 rings (SSSR count). The molecule has 0 bridgehead atoms. The molecule has 13 heavy (non-hydrogen) atoms. The van der Waals surface area contributed by atoms with Crippen LogP contribution in [0, 0.1) is 0 Å².